The molecule has 34 heavy (non-hydrogen) atoms. The molecule has 0 radical (unpaired) electrons. The molecule has 2 amide bonds. The van der Waals surface area contributed by atoms with Crippen LogP contribution in [0.1, 0.15) is 22.3 Å². The largest absolute Gasteiger partial charge is 0.382 e. The number of carbonyl (C=O) groups excluding carboxylic acids is 2. The number of oxime groups is 1. The third kappa shape index (κ3) is 5.44. The number of rotatable bonds is 6. The van der Waals surface area contributed by atoms with Crippen molar-refractivity contribution >= 4 is 50.3 Å². The Kier molecular flexibility index (Phi) is 6.67. The summed E-state index contributed by atoms with van der Waals surface area (Å²) in [4.78, 5) is 30.5. The zero-order valence-electron chi connectivity index (χ0n) is 18.0. The van der Waals surface area contributed by atoms with Crippen LogP contribution in [0.2, 0.25) is 5.02 Å². The zero-order valence-corrected chi connectivity index (χ0v) is 19.6. The molecule has 1 unspecified atom stereocenters. The van der Waals surface area contributed by atoms with Crippen molar-refractivity contribution in [1.29, 1.82) is 0 Å². The summed E-state index contributed by atoms with van der Waals surface area (Å²) >= 11 is 6.30. The third-order valence-electron chi connectivity index (χ3n) is 5.08. The number of benzene rings is 3. The highest BCUT2D eigenvalue weighted by atomic mass is 35.5. The molecule has 2 N–H and O–H groups in total. The van der Waals surface area contributed by atoms with Gasteiger partial charge in [-0.25, -0.2) is 8.42 Å². The van der Waals surface area contributed by atoms with E-state index in [0.717, 1.165) is 11.8 Å². The maximum absolute atomic E-state index is 12.6. The summed E-state index contributed by atoms with van der Waals surface area (Å²) < 4.78 is 23.5. The van der Waals surface area contributed by atoms with Crippen molar-refractivity contribution in [1.82, 2.24) is 0 Å². The van der Waals surface area contributed by atoms with Gasteiger partial charge in [0.05, 0.1) is 21.3 Å². The van der Waals surface area contributed by atoms with Gasteiger partial charge in [0.15, 0.2) is 9.84 Å². The third-order valence-corrected chi connectivity index (χ3v) is 6.50. The average Bonchev–Trinajstić information content (AvgIpc) is 3.31. The van der Waals surface area contributed by atoms with Gasteiger partial charge in [-0.1, -0.05) is 53.2 Å². The van der Waals surface area contributed by atoms with Gasteiger partial charge >= 0.3 is 0 Å². The van der Waals surface area contributed by atoms with E-state index >= 15 is 0 Å². The van der Waals surface area contributed by atoms with Crippen molar-refractivity contribution in [3.8, 4) is 0 Å². The molecule has 1 heterocycles. The number of anilines is 2. The van der Waals surface area contributed by atoms with E-state index < -0.39 is 21.8 Å². The Morgan fingerprint density at radius 2 is 1.76 bits per heavy atom. The van der Waals surface area contributed by atoms with E-state index in [-0.39, 0.29) is 21.4 Å². The Labute approximate surface area is 201 Å². The molecule has 1 aliphatic heterocycles. The number of sulfone groups is 1. The summed E-state index contributed by atoms with van der Waals surface area (Å²) in [6.07, 6.45) is 0.638. The maximum atomic E-state index is 12.6. The maximum Gasteiger partial charge on any atom is 0.268 e. The molecule has 1 aliphatic rings. The van der Waals surface area contributed by atoms with Crippen molar-refractivity contribution in [3.63, 3.8) is 0 Å². The molecule has 10 heteroatoms. The molecule has 3 aromatic rings. The number of amides is 2. The molecular weight excluding hydrogens is 478 g/mol. The predicted molar refractivity (Wildman–Crippen MR) is 130 cm³/mol. The molecule has 0 aliphatic carbocycles. The number of hydrogen-bond acceptors (Lipinski definition) is 6. The van der Waals surface area contributed by atoms with E-state index in [1.807, 2.05) is 30.3 Å². The predicted octanol–water partition coefficient (Wildman–Crippen LogP) is 4.13. The van der Waals surface area contributed by atoms with Gasteiger partial charge in [0.1, 0.15) is 0 Å². The molecule has 0 bridgehead atoms. The minimum Gasteiger partial charge on any atom is -0.382 e. The van der Waals surface area contributed by atoms with E-state index in [0.29, 0.717) is 23.5 Å². The fourth-order valence-corrected chi connectivity index (χ4v) is 4.19. The Morgan fingerprint density at radius 3 is 2.47 bits per heavy atom. The Hall–Kier alpha value is -3.69. The number of nitrogens with zero attached hydrogens (tertiary/aromatic N) is 1. The van der Waals surface area contributed by atoms with Crippen molar-refractivity contribution in [2.45, 2.75) is 17.4 Å². The molecule has 0 saturated carbocycles. The van der Waals surface area contributed by atoms with Crippen LogP contribution in [-0.4, -0.2) is 38.3 Å². The molecule has 3 aromatic carbocycles. The summed E-state index contributed by atoms with van der Waals surface area (Å²) in [6.45, 7) is 0. The highest BCUT2D eigenvalue weighted by molar-refractivity contribution is 7.90. The summed E-state index contributed by atoms with van der Waals surface area (Å²) in [6, 6.07) is 19.8. The van der Waals surface area contributed by atoms with Crippen LogP contribution in [0, 0.1) is 0 Å². The van der Waals surface area contributed by atoms with Crippen molar-refractivity contribution < 1.29 is 22.8 Å². The van der Waals surface area contributed by atoms with Crippen LogP contribution in [0.25, 0.3) is 0 Å². The van der Waals surface area contributed by atoms with Crippen LogP contribution in [0.15, 0.2) is 82.8 Å². The summed E-state index contributed by atoms with van der Waals surface area (Å²) in [5.74, 6) is -0.894. The fraction of sp³-hybridized carbons (Fsp3) is 0.125. The molecular formula is C24H20ClN3O5S. The van der Waals surface area contributed by atoms with Gasteiger partial charge in [-0.2, -0.15) is 0 Å². The lowest BCUT2D eigenvalue weighted by atomic mass is 10.0. The van der Waals surface area contributed by atoms with Crippen molar-refractivity contribution in [3.05, 3.63) is 88.9 Å². The lowest BCUT2D eigenvalue weighted by Crippen LogP contribution is -2.28. The van der Waals surface area contributed by atoms with Crippen LogP contribution < -0.4 is 10.6 Å². The number of nitrogens with one attached hydrogen (secondary N) is 2. The van der Waals surface area contributed by atoms with E-state index in [4.69, 9.17) is 16.4 Å². The van der Waals surface area contributed by atoms with Crippen LogP contribution >= 0.6 is 11.6 Å². The van der Waals surface area contributed by atoms with Crippen LogP contribution in [0.3, 0.4) is 0 Å². The highest BCUT2D eigenvalue weighted by Gasteiger charge is 2.29. The quantitative estimate of drug-likeness (QED) is 0.531. The molecule has 0 aromatic heterocycles. The second-order valence-electron chi connectivity index (χ2n) is 7.64. The average molecular weight is 498 g/mol. The van der Waals surface area contributed by atoms with Crippen molar-refractivity contribution in [2.75, 3.05) is 16.9 Å². The Balaban J connectivity index is 1.39. The molecule has 8 nitrogen and oxygen atoms in total. The van der Waals surface area contributed by atoms with Gasteiger partial charge in [0, 0.05) is 23.9 Å². The molecule has 0 saturated heterocycles. The topological polar surface area (TPSA) is 114 Å². The second kappa shape index (κ2) is 9.66. The first-order valence-corrected chi connectivity index (χ1v) is 12.5. The van der Waals surface area contributed by atoms with E-state index in [1.54, 1.807) is 6.07 Å². The SMILES string of the molecule is CS(=O)(=O)c1cccc(C(=O)Nc2ccc(NC(=O)C3CC(c4ccccc4)=NO3)cc2Cl)c1. The second-order valence-corrected chi connectivity index (χ2v) is 10.1. The van der Waals surface area contributed by atoms with Gasteiger partial charge in [0.2, 0.25) is 6.10 Å². The van der Waals surface area contributed by atoms with E-state index in [1.165, 1.54) is 36.4 Å². The van der Waals surface area contributed by atoms with Gasteiger partial charge in [0.25, 0.3) is 11.8 Å². The zero-order chi connectivity index (χ0) is 24.3. The minimum atomic E-state index is -3.45. The normalized spacial score (nSPS) is 15.2. The number of hydrogen-bond donors (Lipinski definition) is 2. The first-order chi connectivity index (χ1) is 16.2. The van der Waals surface area contributed by atoms with Gasteiger partial charge in [-0.05, 0) is 42.0 Å². The lowest BCUT2D eigenvalue weighted by molar-refractivity contribution is -0.125. The first-order valence-electron chi connectivity index (χ1n) is 10.2. The van der Waals surface area contributed by atoms with Gasteiger partial charge < -0.3 is 15.5 Å². The van der Waals surface area contributed by atoms with Gasteiger partial charge in [-0.15, -0.1) is 0 Å². The number of halogens is 1. The molecule has 4 rings (SSSR count). The standard InChI is InChI=1S/C24H20ClN3O5S/c1-34(31,32)18-9-5-8-16(12-18)23(29)27-20-11-10-17(13-19(20)25)26-24(30)22-14-21(28-33-22)15-6-3-2-4-7-15/h2-13,22H,14H2,1H3,(H,26,30)(H,27,29). The fourth-order valence-electron chi connectivity index (χ4n) is 3.30. The minimum absolute atomic E-state index is 0.0397. The van der Waals surface area contributed by atoms with E-state index in [9.17, 15) is 18.0 Å². The van der Waals surface area contributed by atoms with Gasteiger partial charge in [-0.3, -0.25) is 9.59 Å². The van der Waals surface area contributed by atoms with Crippen LogP contribution in [0.4, 0.5) is 11.4 Å². The smallest absolute Gasteiger partial charge is 0.268 e. The molecule has 0 spiro atoms. The highest BCUT2D eigenvalue weighted by Crippen LogP contribution is 2.27. The van der Waals surface area contributed by atoms with E-state index in [2.05, 4.69) is 15.8 Å². The summed E-state index contributed by atoms with van der Waals surface area (Å²) in [7, 11) is -3.45. The lowest BCUT2D eigenvalue weighted by Gasteiger charge is -2.12. The summed E-state index contributed by atoms with van der Waals surface area (Å²) in [5, 5.41) is 9.58. The number of carbonyl (C=O) groups is 2. The molecule has 1 atom stereocenters. The molecule has 174 valence electrons. The Morgan fingerprint density at radius 1 is 1.00 bits per heavy atom. The van der Waals surface area contributed by atoms with Crippen LogP contribution in [-0.2, 0) is 19.5 Å². The molecule has 0 fully saturated rings. The Bertz CT molecular complexity index is 1390. The monoisotopic (exact) mass is 497 g/mol. The van der Waals surface area contributed by atoms with Crippen LogP contribution in [0.5, 0.6) is 0 Å². The summed E-state index contributed by atoms with van der Waals surface area (Å²) in [5.41, 5.74) is 2.48. The first kappa shape index (κ1) is 23.5. The van der Waals surface area contributed by atoms with Crippen molar-refractivity contribution in [2.24, 2.45) is 5.16 Å².